The van der Waals surface area contributed by atoms with Gasteiger partial charge in [-0.15, -0.1) is 0 Å². The molecule has 0 fully saturated rings. The summed E-state index contributed by atoms with van der Waals surface area (Å²) in [5.74, 6) is -0.327. The number of benzene rings is 1. The number of carbonyl (C=O) groups excluding carboxylic acids is 1. The van der Waals surface area contributed by atoms with Crippen LogP contribution in [-0.4, -0.2) is 35.7 Å². The molecular formula is C15H20N2O4. The monoisotopic (exact) mass is 292 g/mol. The molecule has 0 bridgehead atoms. The summed E-state index contributed by atoms with van der Waals surface area (Å²) in [6, 6.07) is 5.37. The first-order chi connectivity index (χ1) is 9.94. The number of anilines is 1. The van der Waals surface area contributed by atoms with E-state index in [9.17, 15) is 14.7 Å². The molecule has 0 aromatic heterocycles. The van der Waals surface area contributed by atoms with E-state index in [0.29, 0.717) is 25.1 Å². The highest BCUT2D eigenvalue weighted by Crippen LogP contribution is 2.27. The van der Waals surface area contributed by atoms with E-state index >= 15 is 0 Å². The molecule has 0 saturated heterocycles. The van der Waals surface area contributed by atoms with E-state index in [4.69, 9.17) is 4.74 Å². The zero-order valence-electron chi connectivity index (χ0n) is 12.2. The van der Waals surface area contributed by atoms with Crippen molar-refractivity contribution >= 4 is 17.6 Å². The minimum atomic E-state index is -1.13. The van der Waals surface area contributed by atoms with Crippen LogP contribution in [0.25, 0.3) is 0 Å². The van der Waals surface area contributed by atoms with E-state index in [2.05, 4.69) is 10.6 Å². The summed E-state index contributed by atoms with van der Waals surface area (Å²) in [5, 5.41) is 15.0. The molecule has 0 aliphatic carbocycles. The largest absolute Gasteiger partial charge is 0.491 e. The van der Waals surface area contributed by atoms with Crippen LogP contribution in [-0.2, 0) is 16.0 Å². The predicted molar refractivity (Wildman–Crippen MR) is 78.6 cm³/mol. The number of carboxylic acids is 1. The summed E-state index contributed by atoms with van der Waals surface area (Å²) in [6.45, 7) is 4.02. The Labute approximate surface area is 123 Å². The summed E-state index contributed by atoms with van der Waals surface area (Å²) in [6.07, 6.45) is 1.13. The van der Waals surface area contributed by atoms with Crippen LogP contribution in [0, 0.1) is 0 Å². The number of carbonyl (C=O) groups is 2. The summed E-state index contributed by atoms with van der Waals surface area (Å²) in [7, 11) is 0. The summed E-state index contributed by atoms with van der Waals surface area (Å²) in [5.41, 5.74) is 0.678. The normalized spacial score (nSPS) is 16.6. The van der Waals surface area contributed by atoms with Gasteiger partial charge < -0.3 is 15.2 Å². The first-order valence-electron chi connectivity index (χ1n) is 6.98. The van der Waals surface area contributed by atoms with Gasteiger partial charge in [0.25, 0.3) is 0 Å². The molecule has 114 valence electrons. The van der Waals surface area contributed by atoms with Crippen molar-refractivity contribution in [2.24, 2.45) is 0 Å². The molecular weight excluding hydrogens is 272 g/mol. The third-order valence-corrected chi connectivity index (χ3v) is 3.54. The Morgan fingerprint density at radius 3 is 2.90 bits per heavy atom. The van der Waals surface area contributed by atoms with Crippen LogP contribution in [0.4, 0.5) is 5.69 Å². The van der Waals surface area contributed by atoms with Gasteiger partial charge >= 0.3 is 5.97 Å². The minimum absolute atomic E-state index is 0.0155. The van der Waals surface area contributed by atoms with Crippen LogP contribution >= 0.6 is 0 Å². The molecule has 0 radical (unpaired) electrons. The SMILES string of the molecule is CCNC(C)(COc1ccc2c(c1)CCC(=O)N2)C(=O)O. The molecule has 1 aromatic carbocycles. The summed E-state index contributed by atoms with van der Waals surface area (Å²) in [4.78, 5) is 22.6. The number of fused-ring (bicyclic) bond motifs is 1. The van der Waals surface area contributed by atoms with Gasteiger partial charge in [0.1, 0.15) is 17.9 Å². The van der Waals surface area contributed by atoms with Crippen molar-refractivity contribution in [3.05, 3.63) is 23.8 Å². The number of aryl methyl sites for hydroxylation is 1. The molecule has 6 nitrogen and oxygen atoms in total. The van der Waals surface area contributed by atoms with Gasteiger partial charge in [-0.05, 0) is 43.7 Å². The van der Waals surface area contributed by atoms with Crippen LogP contribution in [0.15, 0.2) is 18.2 Å². The van der Waals surface area contributed by atoms with Crippen LogP contribution < -0.4 is 15.4 Å². The molecule has 0 spiro atoms. The van der Waals surface area contributed by atoms with Gasteiger partial charge in [0.2, 0.25) is 5.91 Å². The maximum Gasteiger partial charge on any atom is 0.327 e. The molecule has 2 rings (SSSR count). The van der Waals surface area contributed by atoms with Gasteiger partial charge in [0.05, 0.1) is 0 Å². The third-order valence-electron chi connectivity index (χ3n) is 3.54. The highest BCUT2D eigenvalue weighted by Gasteiger charge is 2.33. The third kappa shape index (κ3) is 3.52. The average molecular weight is 292 g/mol. The zero-order valence-corrected chi connectivity index (χ0v) is 12.2. The number of nitrogens with one attached hydrogen (secondary N) is 2. The number of amides is 1. The Bertz CT molecular complexity index is 559. The first kappa shape index (κ1) is 15.3. The Morgan fingerprint density at radius 1 is 1.48 bits per heavy atom. The smallest absolute Gasteiger partial charge is 0.327 e. The van der Waals surface area contributed by atoms with E-state index in [1.54, 1.807) is 19.1 Å². The molecule has 1 heterocycles. The molecule has 6 heteroatoms. The van der Waals surface area contributed by atoms with E-state index < -0.39 is 11.5 Å². The van der Waals surface area contributed by atoms with Gasteiger partial charge in [0, 0.05) is 12.1 Å². The number of rotatable bonds is 6. The second kappa shape index (κ2) is 6.13. The number of hydrogen-bond donors (Lipinski definition) is 3. The Kier molecular flexibility index (Phi) is 4.47. The zero-order chi connectivity index (χ0) is 15.5. The lowest BCUT2D eigenvalue weighted by atomic mass is 10.0. The Morgan fingerprint density at radius 2 is 2.24 bits per heavy atom. The van der Waals surface area contributed by atoms with Crippen molar-refractivity contribution in [3.8, 4) is 5.75 Å². The molecule has 1 atom stereocenters. The summed E-state index contributed by atoms with van der Waals surface area (Å²) >= 11 is 0. The van der Waals surface area contributed by atoms with E-state index in [-0.39, 0.29) is 12.5 Å². The fourth-order valence-electron chi connectivity index (χ4n) is 2.26. The maximum atomic E-state index is 11.3. The van der Waals surface area contributed by atoms with Crippen molar-refractivity contribution in [2.45, 2.75) is 32.2 Å². The van der Waals surface area contributed by atoms with Crippen LogP contribution in [0.1, 0.15) is 25.8 Å². The number of aliphatic carboxylic acids is 1. The van der Waals surface area contributed by atoms with Crippen molar-refractivity contribution in [1.29, 1.82) is 0 Å². The standard InChI is InChI=1S/C15H20N2O4/c1-3-16-15(2,14(19)20)9-21-11-5-6-12-10(8-11)4-7-13(18)17-12/h5-6,8,16H,3-4,7,9H2,1-2H3,(H,17,18)(H,19,20). The Hall–Kier alpha value is -2.08. The van der Waals surface area contributed by atoms with Gasteiger partial charge in [-0.25, -0.2) is 0 Å². The second-order valence-corrected chi connectivity index (χ2v) is 5.32. The molecule has 21 heavy (non-hydrogen) atoms. The van der Waals surface area contributed by atoms with Crippen molar-refractivity contribution < 1.29 is 19.4 Å². The first-order valence-corrected chi connectivity index (χ1v) is 6.98. The number of carboxylic acid groups (broad SMARTS) is 1. The molecule has 1 unspecified atom stereocenters. The fourth-order valence-corrected chi connectivity index (χ4v) is 2.26. The van der Waals surface area contributed by atoms with Crippen molar-refractivity contribution in [1.82, 2.24) is 5.32 Å². The van der Waals surface area contributed by atoms with Gasteiger partial charge in [0.15, 0.2) is 0 Å². The van der Waals surface area contributed by atoms with Gasteiger partial charge in [-0.1, -0.05) is 6.92 Å². The highest BCUT2D eigenvalue weighted by atomic mass is 16.5. The van der Waals surface area contributed by atoms with E-state index in [1.165, 1.54) is 0 Å². The fraction of sp³-hybridized carbons (Fsp3) is 0.467. The predicted octanol–water partition coefficient (Wildman–Crippen LogP) is 1.40. The molecule has 1 amide bonds. The number of ether oxygens (including phenoxy) is 1. The molecule has 1 aromatic rings. The molecule has 0 saturated carbocycles. The lowest BCUT2D eigenvalue weighted by molar-refractivity contribution is -0.145. The van der Waals surface area contributed by atoms with Crippen LogP contribution in [0.5, 0.6) is 5.75 Å². The van der Waals surface area contributed by atoms with E-state index in [1.807, 2.05) is 13.0 Å². The number of likely N-dealkylation sites (N-methyl/N-ethyl adjacent to an activating group) is 1. The average Bonchev–Trinajstić information content (AvgIpc) is 2.45. The van der Waals surface area contributed by atoms with Crippen molar-refractivity contribution in [3.63, 3.8) is 0 Å². The van der Waals surface area contributed by atoms with Gasteiger partial charge in [-0.2, -0.15) is 0 Å². The van der Waals surface area contributed by atoms with Gasteiger partial charge in [-0.3, -0.25) is 14.9 Å². The minimum Gasteiger partial charge on any atom is -0.491 e. The molecule has 3 N–H and O–H groups in total. The quantitative estimate of drug-likeness (QED) is 0.737. The van der Waals surface area contributed by atoms with Crippen LogP contribution in [0.2, 0.25) is 0 Å². The Balaban J connectivity index is 2.07. The number of hydrogen-bond acceptors (Lipinski definition) is 4. The van der Waals surface area contributed by atoms with Crippen LogP contribution in [0.3, 0.4) is 0 Å². The summed E-state index contributed by atoms with van der Waals surface area (Å²) < 4.78 is 5.62. The highest BCUT2D eigenvalue weighted by molar-refractivity contribution is 5.94. The second-order valence-electron chi connectivity index (χ2n) is 5.32. The van der Waals surface area contributed by atoms with Crippen molar-refractivity contribution in [2.75, 3.05) is 18.5 Å². The van der Waals surface area contributed by atoms with E-state index in [0.717, 1.165) is 11.3 Å². The lowest BCUT2D eigenvalue weighted by Gasteiger charge is -2.26. The lowest BCUT2D eigenvalue weighted by Crippen LogP contribution is -2.53. The molecule has 1 aliphatic rings. The maximum absolute atomic E-state index is 11.3. The topological polar surface area (TPSA) is 87.7 Å². The molecule has 1 aliphatic heterocycles.